The van der Waals surface area contributed by atoms with E-state index in [0.29, 0.717) is 6.04 Å². The number of aliphatic imine (C=N–C) groups is 1. The molecule has 0 bridgehead atoms. The lowest BCUT2D eigenvalue weighted by Gasteiger charge is -2.29. The summed E-state index contributed by atoms with van der Waals surface area (Å²) >= 11 is 6.24. The summed E-state index contributed by atoms with van der Waals surface area (Å²) in [6.45, 7) is 6.17. The minimum absolute atomic E-state index is 0.385. The number of halogens is 1. The molecule has 0 fully saturated rings. The van der Waals surface area contributed by atoms with Crippen LogP contribution in [0, 0.1) is 0 Å². The number of benzene rings is 2. The van der Waals surface area contributed by atoms with E-state index >= 15 is 0 Å². The van der Waals surface area contributed by atoms with Crippen molar-refractivity contribution < 1.29 is 0 Å². The summed E-state index contributed by atoms with van der Waals surface area (Å²) in [6, 6.07) is 16.8. The van der Waals surface area contributed by atoms with Crippen molar-refractivity contribution >= 4 is 23.0 Å². The lowest BCUT2D eigenvalue weighted by Crippen LogP contribution is -2.34. The summed E-state index contributed by atoms with van der Waals surface area (Å²) in [6.07, 6.45) is 0. The second kappa shape index (κ2) is 5.90. The van der Waals surface area contributed by atoms with Crippen LogP contribution in [0.1, 0.15) is 25.0 Å². The van der Waals surface area contributed by atoms with E-state index in [1.165, 1.54) is 5.69 Å². The molecule has 3 rings (SSSR count). The number of hydrogen-bond acceptors (Lipinski definition) is 2. The Balaban J connectivity index is 2.20. The zero-order chi connectivity index (χ0) is 14.8. The highest BCUT2D eigenvalue weighted by Gasteiger charge is 2.23. The maximum atomic E-state index is 6.24. The first-order valence-corrected chi connectivity index (χ1v) is 7.75. The molecule has 108 valence electrons. The lowest BCUT2D eigenvalue weighted by atomic mass is 10.00. The minimum atomic E-state index is 0.385. The average molecular weight is 299 g/mol. The molecule has 0 aliphatic carbocycles. The number of likely N-dealkylation sites (N-methyl/N-ethyl adjacent to an activating group) is 1. The Hall–Kier alpha value is -1.80. The molecule has 0 aromatic heterocycles. The fourth-order valence-corrected chi connectivity index (χ4v) is 3.09. The summed E-state index contributed by atoms with van der Waals surface area (Å²) in [7, 11) is 0. The van der Waals surface area contributed by atoms with Crippen LogP contribution >= 0.6 is 11.6 Å². The van der Waals surface area contributed by atoms with Gasteiger partial charge in [0.15, 0.2) is 0 Å². The van der Waals surface area contributed by atoms with E-state index in [2.05, 4.69) is 36.9 Å². The van der Waals surface area contributed by atoms with E-state index in [-0.39, 0.29) is 0 Å². The monoisotopic (exact) mass is 298 g/mol. The van der Waals surface area contributed by atoms with Gasteiger partial charge in [-0.2, -0.15) is 0 Å². The molecule has 1 aliphatic heterocycles. The molecule has 0 saturated carbocycles. The Bertz CT molecular complexity index is 664. The maximum Gasteiger partial charge on any atom is 0.0741 e. The van der Waals surface area contributed by atoms with Crippen LogP contribution < -0.4 is 4.90 Å². The fraction of sp³-hybridized carbons (Fsp3) is 0.278. The second-order valence-corrected chi connectivity index (χ2v) is 5.79. The molecule has 0 spiro atoms. The molecule has 21 heavy (non-hydrogen) atoms. The van der Waals surface area contributed by atoms with Crippen LogP contribution in [0.25, 0.3) is 0 Å². The van der Waals surface area contributed by atoms with Crippen molar-refractivity contribution in [2.24, 2.45) is 4.99 Å². The number of hydrogen-bond donors (Lipinski definition) is 0. The molecule has 0 N–H and O–H groups in total. The predicted molar refractivity (Wildman–Crippen MR) is 90.9 cm³/mol. The topological polar surface area (TPSA) is 15.6 Å². The smallest absolute Gasteiger partial charge is 0.0741 e. The van der Waals surface area contributed by atoms with Crippen molar-refractivity contribution in [1.82, 2.24) is 0 Å². The van der Waals surface area contributed by atoms with Gasteiger partial charge in [0.05, 0.1) is 12.3 Å². The summed E-state index contributed by atoms with van der Waals surface area (Å²) in [5.74, 6) is 0. The Labute approximate surface area is 131 Å². The normalized spacial score (nSPS) is 18.0. The van der Waals surface area contributed by atoms with Gasteiger partial charge in [-0.15, -0.1) is 0 Å². The lowest BCUT2D eigenvalue weighted by molar-refractivity contribution is 0.663. The first kappa shape index (κ1) is 14.2. The van der Waals surface area contributed by atoms with Crippen LogP contribution in [0.15, 0.2) is 53.5 Å². The van der Waals surface area contributed by atoms with Gasteiger partial charge in [0.2, 0.25) is 0 Å². The van der Waals surface area contributed by atoms with Gasteiger partial charge in [0, 0.05) is 34.4 Å². The summed E-state index contributed by atoms with van der Waals surface area (Å²) < 4.78 is 0. The quantitative estimate of drug-likeness (QED) is 0.802. The number of nitrogens with zero attached hydrogens (tertiary/aromatic N) is 2. The zero-order valence-corrected chi connectivity index (χ0v) is 13.1. The molecule has 0 amide bonds. The van der Waals surface area contributed by atoms with Gasteiger partial charge in [0.25, 0.3) is 0 Å². The van der Waals surface area contributed by atoms with E-state index in [1.54, 1.807) is 0 Å². The SMILES string of the molecule is CCN1c2ccc(Cl)cc2C(c2ccccc2)=NCC1C. The summed E-state index contributed by atoms with van der Waals surface area (Å²) in [5.41, 5.74) is 4.52. The minimum Gasteiger partial charge on any atom is -0.367 e. The molecular formula is C18H19ClN2. The molecule has 0 saturated heterocycles. The van der Waals surface area contributed by atoms with Crippen molar-refractivity contribution in [2.45, 2.75) is 19.9 Å². The van der Waals surface area contributed by atoms with Crippen LogP contribution in [-0.4, -0.2) is 24.8 Å². The van der Waals surface area contributed by atoms with Crippen molar-refractivity contribution in [2.75, 3.05) is 18.0 Å². The van der Waals surface area contributed by atoms with Gasteiger partial charge < -0.3 is 4.90 Å². The molecule has 1 unspecified atom stereocenters. The fourth-order valence-electron chi connectivity index (χ4n) is 2.92. The molecule has 1 atom stereocenters. The third kappa shape index (κ3) is 2.68. The van der Waals surface area contributed by atoms with Gasteiger partial charge in [-0.05, 0) is 32.0 Å². The molecule has 1 heterocycles. The van der Waals surface area contributed by atoms with Crippen molar-refractivity contribution in [3.63, 3.8) is 0 Å². The Morgan fingerprint density at radius 1 is 1.19 bits per heavy atom. The Kier molecular flexibility index (Phi) is 3.98. The highest BCUT2D eigenvalue weighted by atomic mass is 35.5. The average Bonchev–Trinajstić information content (AvgIpc) is 2.64. The molecule has 0 radical (unpaired) electrons. The number of rotatable bonds is 2. The molecule has 3 heteroatoms. The maximum absolute atomic E-state index is 6.24. The number of anilines is 1. The van der Waals surface area contributed by atoms with Gasteiger partial charge in [-0.1, -0.05) is 41.9 Å². The van der Waals surface area contributed by atoms with Gasteiger partial charge in [-0.25, -0.2) is 0 Å². The highest BCUT2D eigenvalue weighted by Crippen LogP contribution is 2.30. The predicted octanol–water partition coefficient (Wildman–Crippen LogP) is 4.41. The third-order valence-electron chi connectivity index (χ3n) is 3.96. The van der Waals surface area contributed by atoms with Crippen molar-refractivity contribution in [1.29, 1.82) is 0 Å². The van der Waals surface area contributed by atoms with E-state index < -0.39 is 0 Å². The van der Waals surface area contributed by atoms with Crippen molar-refractivity contribution in [3.8, 4) is 0 Å². The van der Waals surface area contributed by atoms with E-state index in [9.17, 15) is 0 Å². The van der Waals surface area contributed by atoms with Crippen LogP contribution in [0.3, 0.4) is 0 Å². The standard InChI is InChI=1S/C18H19ClN2/c1-3-21-13(2)12-20-18(14-7-5-4-6-8-14)16-11-15(19)9-10-17(16)21/h4-11,13H,3,12H2,1-2H3. The Morgan fingerprint density at radius 2 is 1.95 bits per heavy atom. The van der Waals surface area contributed by atoms with Crippen LogP contribution in [0.2, 0.25) is 5.02 Å². The number of benzodiazepines with no additional fused rings is 1. The summed E-state index contributed by atoms with van der Waals surface area (Å²) in [4.78, 5) is 7.27. The molecule has 2 aromatic carbocycles. The first-order chi connectivity index (χ1) is 10.2. The Morgan fingerprint density at radius 3 is 2.67 bits per heavy atom. The van der Waals surface area contributed by atoms with Gasteiger partial charge in [-0.3, -0.25) is 4.99 Å². The second-order valence-electron chi connectivity index (χ2n) is 5.35. The van der Waals surface area contributed by atoms with Crippen molar-refractivity contribution in [3.05, 3.63) is 64.7 Å². The number of fused-ring (bicyclic) bond motifs is 1. The van der Waals surface area contributed by atoms with Crippen LogP contribution in [0.5, 0.6) is 0 Å². The molecule has 1 aliphatic rings. The molecule has 2 aromatic rings. The van der Waals surface area contributed by atoms with Crippen LogP contribution in [0.4, 0.5) is 5.69 Å². The van der Waals surface area contributed by atoms with Crippen LogP contribution in [-0.2, 0) is 0 Å². The van der Waals surface area contributed by atoms with E-state index in [0.717, 1.165) is 35.0 Å². The third-order valence-corrected chi connectivity index (χ3v) is 4.19. The van der Waals surface area contributed by atoms with E-state index in [1.807, 2.05) is 30.3 Å². The zero-order valence-electron chi connectivity index (χ0n) is 12.4. The van der Waals surface area contributed by atoms with Gasteiger partial charge in [0.1, 0.15) is 0 Å². The van der Waals surface area contributed by atoms with Gasteiger partial charge >= 0.3 is 0 Å². The summed E-state index contributed by atoms with van der Waals surface area (Å²) in [5, 5.41) is 0.753. The molecule has 2 nitrogen and oxygen atoms in total. The largest absolute Gasteiger partial charge is 0.367 e. The highest BCUT2D eigenvalue weighted by molar-refractivity contribution is 6.31. The first-order valence-electron chi connectivity index (χ1n) is 7.37. The van der Waals surface area contributed by atoms with E-state index in [4.69, 9.17) is 16.6 Å². The molecular weight excluding hydrogens is 280 g/mol.